The molecule has 1 N–H and O–H groups in total. The smallest absolute Gasteiger partial charge is 0.119 e. The minimum atomic E-state index is 0.652. The largest absolute Gasteiger partial charge is 0.497 e. The summed E-state index contributed by atoms with van der Waals surface area (Å²) in [6.07, 6.45) is 4.67. The summed E-state index contributed by atoms with van der Waals surface area (Å²) in [5, 5.41) is 10.5. The van der Waals surface area contributed by atoms with Crippen molar-refractivity contribution in [2.24, 2.45) is 0 Å². The van der Waals surface area contributed by atoms with Crippen LogP contribution >= 0.6 is 0 Å². The van der Waals surface area contributed by atoms with Gasteiger partial charge in [0.15, 0.2) is 0 Å². The fraction of sp³-hybridized carbons (Fsp3) is 0.259. The van der Waals surface area contributed by atoms with Gasteiger partial charge in [0, 0.05) is 71.7 Å². The topological polar surface area (TPSA) is 74.2 Å². The summed E-state index contributed by atoms with van der Waals surface area (Å²) >= 11 is 0. The predicted molar refractivity (Wildman–Crippen MR) is 129 cm³/mol. The number of aromatic nitrogens is 2. The highest BCUT2D eigenvalue weighted by molar-refractivity contribution is 5.98. The first kappa shape index (κ1) is 21.2. The van der Waals surface area contributed by atoms with Crippen LogP contribution in [-0.4, -0.2) is 54.8 Å². The van der Waals surface area contributed by atoms with Crippen molar-refractivity contribution in [3.05, 3.63) is 72.2 Å². The van der Waals surface area contributed by atoms with E-state index in [0.717, 1.165) is 83.9 Å². The molecule has 4 aromatic rings. The van der Waals surface area contributed by atoms with Gasteiger partial charge in [-0.3, -0.25) is 9.88 Å². The average molecular weight is 439 g/mol. The maximum atomic E-state index is 9.48. The van der Waals surface area contributed by atoms with Gasteiger partial charge in [0.25, 0.3) is 0 Å². The molecule has 1 aliphatic heterocycles. The van der Waals surface area contributed by atoms with Crippen LogP contribution in [0.5, 0.6) is 5.75 Å². The number of morpholine rings is 1. The molecule has 2 aromatic heterocycles. The van der Waals surface area contributed by atoms with Crippen LogP contribution in [0.25, 0.3) is 33.2 Å². The minimum Gasteiger partial charge on any atom is -0.497 e. The quantitative estimate of drug-likeness (QED) is 0.474. The highest BCUT2D eigenvalue weighted by Gasteiger charge is 2.17. The third-order valence-electron chi connectivity index (χ3n) is 6.22. The Bertz CT molecular complexity index is 1320. The van der Waals surface area contributed by atoms with Gasteiger partial charge in [-0.15, -0.1) is 0 Å². The van der Waals surface area contributed by atoms with Gasteiger partial charge < -0.3 is 14.5 Å². The number of nitrogens with one attached hydrogen (secondary N) is 1. The summed E-state index contributed by atoms with van der Waals surface area (Å²) in [5.74, 6) is 0.815. The van der Waals surface area contributed by atoms with Crippen LogP contribution in [0.15, 0.2) is 60.9 Å². The molecule has 3 heterocycles. The Balaban J connectivity index is 1.57. The molecule has 0 aliphatic carbocycles. The second kappa shape index (κ2) is 9.45. The number of nitriles is 1. The van der Waals surface area contributed by atoms with E-state index in [2.05, 4.69) is 33.1 Å². The fourth-order valence-electron chi connectivity index (χ4n) is 4.47. The third-order valence-corrected chi connectivity index (χ3v) is 6.22. The van der Waals surface area contributed by atoms with Crippen molar-refractivity contribution in [3.63, 3.8) is 0 Å². The van der Waals surface area contributed by atoms with Gasteiger partial charge in [0.1, 0.15) is 5.75 Å². The van der Waals surface area contributed by atoms with Gasteiger partial charge in [-0.25, -0.2) is 0 Å². The number of benzene rings is 2. The standard InChI is InChI=1S/C27H26N4O2/c1-32-23-4-2-3-20(15-23)21-14-22(18-29-17-21)27-24-13-19(16-28)5-6-25(24)30-26(27)7-8-31-9-11-33-12-10-31/h2-6,13-15,17-18,30H,7-12H2,1H3. The molecular formula is C27H26N4O2. The molecular weight excluding hydrogens is 412 g/mol. The average Bonchev–Trinajstić information content (AvgIpc) is 3.25. The first-order valence-corrected chi connectivity index (χ1v) is 11.2. The summed E-state index contributed by atoms with van der Waals surface area (Å²) in [5.41, 5.74) is 7.08. The van der Waals surface area contributed by atoms with E-state index >= 15 is 0 Å². The highest BCUT2D eigenvalue weighted by Crippen LogP contribution is 2.35. The van der Waals surface area contributed by atoms with E-state index in [4.69, 9.17) is 9.47 Å². The van der Waals surface area contributed by atoms with Crippen LogP contribution in [0, 0.1) is 11.3 Å². The Hall–Kier alpha value is -3.66. The van der Waals surface area contributed by atoms with E-state index < -0.39 is 0 Å². The lowest BCUT2D eigenvalue weighted by Gasteiger charge is -2.26. The monoisotopic (exact) mass is 438 g/mol. The molecule has 0 radical (unpaired) electrons. The molecule has 0 spiro atoms. The molecule has 1 fully saturated rings. The van der Waals surface area contributed by atoms with Crippen molar-refractivity contribution < 1.29 is 9.47 Å². The van der Waals surface area contributed by atoms with Gasteiger partial charge in [0.2, 0.25) is 0 Å². The number of ether oxygens (including phenoxy) is 2. The van der Waals surface area contributed by atoms with E-state index in [9.17, 15) is 5.26 Å². The minimum absolute atomic E-state index is 0.652. The molecule has 0 saturated carbocycles. The number of pyridine rings is 1. The molecule has 0 bridgehead atoms. The summed E-state index contributed by atoms with van der Waals surface area (Å²) in [6.45, 7) is 4.45. The number of H-pyrrole nitrogens is 1. The molecule has 33 heavy (non-hydrogen) atoms. The zero-order chi connectivity index (χ0) is 22.6. The summed E-state index contributed by atoms with van der Waals surface area (Å²) in [6, 6.07) is 18.3. The van der Waals surface area contributed by atoms with E-state index in [1.807, 2.05) is 48.8 Å². The molecule has 0 unspecified atom stereocenters. The Kier molecular flexibility index (Phi) is 6.07. The van der Waals surface area contributed by atoms with E-state index in [0.29, 0.717) is 5.56 Å². The van der Waals surface area contributed by atoms with E-state index in [1.54, 1.807) is 7.11 Å². The molecule has 1 saturated heterocycles. The van der Waals surface area contributed by atoms with Gasteiger partial charge in [-0.1, -0.05) is 12.1 Å². The number of aromatic amines is 1. The van der Waals surface area contributed by atoms with Gasteiger partial charge in [-0.2, -0.15) is 5.26 Å². The van der Waals surface area contributed by atoms with Crippen LogP contribution in [0.3, 0.4) is 0 Å². The van der Waals surface area contributed by atoms with Gasteiger partial charge in [-0.05, 0) is 42.0 Å². The van der Waals surface area contributed by atoms with Crippen molar-refractivity contribution in [2.45, 2.75) is 6.42 Å². The lowest BCUT2D eigenvalue weighted by molar-refractivity contribution is 0.0384. The second-order valence-electron chi connectivity index (χ2n) is 8.25. The van der Waals surface area contributed by atoms with Crippen molar-refractivity contribution in [2.75, 3.05) is 40.0 Å². The van der Waals surface area contributed by atoms with Crippen molar-refractivity contribution >= 4 is 10.9 Å². The predicted octanol–water partition coefficient (Wildman–Crippen LogP) is 4.65. The van der Waals surface area contributed by atoms with Crippen molar-refractivity contribution in [1.29, 1.82) is 5.26 Å². The highest BCUT2D eigenvalue weighted by atomic mass is 16.5. The lowest BCUT2D eigenvalue weighted by atomic mass is 9.98. The summed E-state index contributed by atoms with van der Waals surface area (Å²) in [4.78, 5) is 10.6. The molecule has 6 heteroatoms. The van der Waals surface area contributed by atoms with E-state index in [1.165, 1.54) is 0 Å². The molecule has 5 rings (SSSR count). The SMILES string of the molecule is COc1cccc(-c2cncc(-c3c(CCN4CCOCC4)[nH]c4ccc(C#N)cc34)c2)c1. The fourth-order valence-corrected chi connectivity index (χ4v) is 4.47. The molecule has 166 valence electrons. The molecule has 2 aromatic carbocycles. The number of methoxy groups -OCH3 is 1. The summed E-state index contributed by atoms with van der Waals surface area (Å²) in [7, 11) is 1.67. The Morgan fingerprint density at radius 3 is 2.73 bits per heavy atom. The van der Waals surface area contributed by atoms with Gasteiger partial charge in [0.05, 0.1) is 32.0 Å². The second-order valence-corrected chi connectivity index (χ2v) is 8.25. The Morgan fingerprint density at radius 2 is 1.91 bits per heavy atom. The summed E-state index contributed by atoms with van der Waals surface area (Å²) < 4.78 is 10.9. The number of fused-ring (bicyclic) bond motifs is 1. The van der Waals surface area contributed by atoms with Crippen LogP contribution in [0.1, 0.15) is 11.3 Å². The molecule has 0 atom stereocenters. The maximum absolute atomic E-state index is 9.48. The molecule has 1 aliphatic rings. The number of hydrogen-bond acceptors (Lipinski definition) is 5. The van der Waals surface area contributed by atoms with Crippen LogP contribution in [0.4, 0.5) is 0 Å². The van der Waals surface area contributed by atoms with Crippen molar-refractivity contribution in [1.82, 2.24) is 14.9 Å². The van der Waals surface area contributed by atoms with Gasteiger partial charge >= 0.3 is 0 Å². The number of rotatable bonds is 6. The van der Waals surface area contributed by atoms with Crippen LogP contribution in [-0.2, 0) is 11.2 Å². The molecule has 6 nitrogen and oxygen atoms in total. The maximum Gasteiger partial charge on any atom is 0.119 e. The zero-order valence-electron chi connectivity index (χ0n) is 18.7. The molecule has 0 amide bonds. The third kappa shape index (κ3) is 4.47. The Labute approximate surface area is 193 Å². The number of hydrogen-bond donors (Lipinski definition) is 1. The first-order valence-electron chi connectivity index (χ1n) is 11.2. The zero-order valence-corrected chi connectivity index (χ0v) is 18.7. The van der Waals surface area contributed by atoms with Crippen LogP contribution in [0.2, 0.25) is 0 Å². The first-order chi connectivity index (χ1) is 16.2. The van der Waals surface area contributed by atoms with Crippen LogP contribution < -0.4 is 4.74 Å². The number of nitrogens with zero attached hydrogens (tertiary/aromatic N) is 3. The lowest BCUT2D eigenvalue weighted by Crippen LogP contribution is -2.37. The van der Waals surface area contributed by atoms with E-state index in [-0.39, 0.29) is 0 Å². The Morgan fingerprint density at radius 1 is 1.06 bits per heavy atom. The normalized spacial score (nSPS) is 14.3. The van der Waals surface area contributed by atoms with Crippen molar-refractivity contribution in [3.8, 4) is 34.1 Å².